The number of carboxylic acid groups (broad SMARTS) is 1. The molecule has 0 saturated carbocycles. The summed E-state index contributed by atoms with van der Waals surface area (Å²) >= 11 is 1.46. The van der Waals surface area contributed by atoms with Crippen molar-refractivity contribution in [3.63, 3.8) is 0 Å². The van der Waals surface area contributed by atoms with Crippen molar-refractivity contribution in [2.75, 3.05) is 25.2 Å². The van der Waals surface area contributed by atoms with Crippen molar-refractivity contribution in [1.82, 2.24) is 20.9 Å². The van der Waals surface area contributed by atoms with Crippen LogP contribution in [0.5, 0.6) is 0 Å². The molecule has 15 heteroatoms. The van der Waals surface area contributed by atoms with E-state index in [-0.39, 0.29) is 19.4 Å². The number of nitrogens with one attached hydrogen (secondary N) is 3. The number of aliphatic hydroxyl groups is 1. The van der Waals surface area contributed by atoms with Crippen molar-refractivity contribution in [2.24, 2.45) is 11.5 Å². The Hall–Kier alpha value is -3.69. The predicted octanol–water partition coefficient (Wildman–Crippen LogP) is -2.29. The first-order valence-corrected chi connectivity index (χ1v) is 14.5. The Morgan fingerprint density at radius 3 is 2.27 bits per heavy atom. The molecule has 226 valence electrons. The predicted molar refractivity (Wildman–Crippen MR) is 150 cm³/mol. The maximum atomic E-state index is 13.5. The van der Waals surface area contributed by atoms with Gasteiger partial charge in [-0.1, -0.05) is 30.3 Å². The zero-order valence-corrected chi connectivity index (χ0v) is 23.6. The average Bonchev–Trinajstić information content (AvgIpc) is 3.44. The van der Waals surface area contributed by atoms with Gasteiger partial charge in [-0.05, 0) is 36.8 Å². The lowest BCUT2D eigenvalue weighted by Gasteiger charge is -2.30. The number of primary amides is 1. The molecule has 0 aromatic heterocycles. The number of hydrogen-bond donors (Lipinski definition) is 7. The van der Waals surface area contributed by atoms with E-state index in [0.717, 1.165) is 0 Å². The van der Waals surface area contributed by atoms with Gasteiger partial charge in [0.25, 0.3) is 0 Å². The summed E-state index contributed by atoms with van der Waals surface area (Å²) in [7, 11) is 0. The first-order chi connectivity index (χ1) is 19.5. The van der Waals surface area contributed by atoms with Crippen molar-refractivity contribution in [3.8, 4) is 0 Å². The molecule has 0 aliphatic carbocycles. The molecule has 1 saturated heterocycles. The Morgan fingerprint density at radius 1 is 1.02 bits per heavy atom. The highest BCUT2D eigenvalue weighted by Crippen LogP contribution is 2.20. The molecule has 14 nitrogen and oxygen atoms in total. The van der Waals surface area contributed by atoms with Crippen LogP contribution in [0, 0.1) is 0 Å². The van der Waals surface area contributed by atoms with Gasteiger partial charge in [-0.2, -0.15) is 11.8 Å². The van der Waals surface area contributed by atoms with Crippen LogP contribution in [-0.4, -0.2) is 106 Å². The van der Waals surface area contributed by atoms with Crippen LogP contribution in [0.15, 0.2) is 30.3 Å². The van der Waals surface area contributed by atoms with E-state index in [1.54, 1.807) is 30.3 Å². The normalized spacial score (nSPS) is 17.5. The fourth-order valence-corrected chi connectivity index (χ4v) is 4.83. The topological polar surface area (TPSA) is 234 Å². The summed E-state index contributed by atoms with van der Waals surface area (Å²) in [6.45, 7) is -0.360. The number of rotatable bonds is 16. The number of nitrogens with two attached hydrogens (primary N) is 2. The second kappa shape index (κ2) is 16.5. The Kier molecular flexibility index (Phi) is 13.5. The molecule has 1 aromatic rings. The molecular weight excluding hydrogens is 556 g/mol. The highest BCUT2D eigenvalue weighted by molar-refractivity contribution is 7.98. The van der Waals surface area contributed by atoms with Crippen molar-refractivity contribution >= 4 is 47.3 Å². The molecule has 0 spiro atoms. The highest BCUT2D eigenvalue weighted by Gasteiger charge is 2.39. The van der Waals surface area contributed by atoms with Crippen molar-refractivity contribution in [2.45, 2.75) is 62.3 Å². The molecule has 1 aliphatic rings. The van der Waals surface area contributed by atoms with Gasteiger partial charge in [0, 0.05) is 13.0 Å². The molecule has 1 heterocycles. The van der Waals surface area contributed by atoms with Gasteiger partial charge in [0.05, 0.1) is 13.0 Å². The number of thioether (sulfide) groups is 1. The smallest absolute Gasteiger partial charge is 0.326 e. The largest absolute Gasteiger partial charge is 0.480 e. The minimum Gasteiger partial charge on any atom is -0.480 e. The molecule has 1 aromatic carbocycles. The lowest BCUT2D eigenvalue weighted by molar-refractivity contribution is -0.144. The standard InChI is InChI=1S/C26H38N6O8S/c1-41-11-9-17(29-22(35)16(27)14-33)25(38)32-10-5-8-20(32)24(37)30-18(12-15-6-3-2-4-7-15)23(36)31-19(26(39)40)13-21(28)34/h2-4,6-7,16-20,33H,5,8-14,27H2,1H3,(H2,28,34)(H,29,35)(H,30,37)(H,31,36)(H,39,40)/t16-,17-,18-,19-,20-/m0/s1. The van der Waals surface area contributed by atoms with Gasteiger partial charge in [0.15, 0.2) is 0 Å². The van der Waals surface area contributed by atoms with E-state index in [4.69, 9.17) is 11.5 Å². The van der Waals surface area contributed by atoms with Crippen LogP contribution in [0.3, 0.4) is 0 Å². The highest BCUT2D eigenvalue weighted by atomic mass is 32.2. The number of carbonyl (C=O) groups excluding carboxylic acids is 5. The van der Waals surface area contributed by atoms with Crippen molar-refractivity contribution < 1.29 is 39.0 Å². The van der Waals surface area contributed by atoms with Gasteiger partial charge in [0.2, 0.25) is 29.5 Å². The van der Waals surface area contributed by atoms with Gasteiger partial charge >= 0.3 is 5.97 Å². The number of likely N-dealkylation sites (tertiary alicyclic amines) is 1. The van der Waals surface area contributed by atoms with E-state index in [9.17, 15) is 39.0 Å². The van der Waals surface area contributed by atoms with Gasteiger partial charge in [-0.15, -0.1) is 0 Å². The average molecular weight is 595 g/mol. The fourth-order valence-electron chi connectivity index (χ4n) is 4.36. The first kappa shape index (κ1) is 33.5. The quantitative estimate of drug-likeness (QED) is 0.108. The first-order valence-electron chi connectivity index (χ1n) is 13.1. The molecule has 1 aliphatic heterocycles. The SMILES string of the molecule is CSCC[C@H](NC(=O)[C@@H](N)CO)C(=O)N1CCC[C@H]1C(=O)N[C@@H](Cc1ccccc1)C(=O)N[C@@H](CC(N)=O)C(=O)O. The Bertz CT molecular complexity index is 1090. The number of carboxylic acids is 1. The molecule has 1 fully saturated rings. The molecular formula is C26H38N6O8S. The third-order valence-corrected chi connectivity index (χ3v) is 7.18. The number of aliphatic hydroxyl groups excluding tert-OH is 1. The molecule has 5 atom stereocenters. The zero-order valence-electron chi connectivity index (χ0n) is 22.8. The summed E-state index contributed by atoms with van der Waals surface area (Å²) in [5, 5.41) is 26.1. The van der Waals surface area contributed by atoms with Crippen LogP contribution in [0.1, 0.15) is 31.2 Å². The van der Waals surface area contributed by atoms with Crippen molar-refractivity contribution in [3.05, 3.63) is 35.9 Å². The van der Waals surface area contributed by atoms with Crippen LogP contribution < -0.4 is 27.4 Å². The van der Waals surface area contributed by atoms with Gasteiger partial charge in [0.1, 0.15) is 30.2 Å². The third-order valence-electron chi connectivity index (χ3n) is 6.53. The van der Waals surface area contributed by atoms with Crippen LogP contribution in [0.25, 0.3) is 0 Å². The van der Waals surface area contributed by atoms with Gasteiger partial charge in [-0.25, -0.2) is 4.79 Å². The Labute approximate surface area is 241 Å². The number of carbonyl (C=O) groups is 6. The van der Waals surface area contributed by atoms with Crippen molar-refractivity contribution in [1.29, 1.82) is 0 Å². The zero-order chi connectivity index (χ0) is 30.5. The van der Waals surface area contributed by atoms with Crippen LogP contribution in [0.2, 0.25) is 0 Å². The number of aliphatic carboxylic acids is 1. The molecule has 0 unspecified atom stereocenters. The van der Waals surface area contributed by atoms with E-state index in [1.165, 1.54) is 16.7 Å². The lowest BCUT2D eigenvalue weighted by Crippen LogP contribution is -2.58. The molecule has 41 heavy (non-hydrogen) atoms. The maximum absolute atomic E-state index is 13.5. The van der Waals surface area contributed by atoms with Crippen LogP contribution >= 0.6 is 11.8 Å². The number of nitrogens with zero attached hydrogens (tertiary/aromatic N) is 1. The monoisotopic (exact) mass is 594 g/mol. The van der Waals surface area contributed by atoms with Gasteiger partial charge < -0.3 is 42.5 Å². The number of amides is 5. The molecule has 0 bridgehead atoms. The fraction of sp³-hybridized carbons (Fsp3) is 0.538. The number of benzene rings is 1. The van der Waals surface area contributed by atoms with Crippen LogP contribution in [0.4, 0.5) is 0 Å². The Balaban J connectivity index is 2.24. The minimum atomic E-state index is -1.59. The second-order valence-corrected chi connectivity index (χ2v) is 10.6. The molecule has 5 amide bonds. The summed E-state index contributed by atoms with van der Waals surface area (Å²) in [5.41, 5.74) is 11.4. The summed E-state index contributed by atoms with van der Waals surface area (Å²) in [6.07, 6.45) is 2.28. The van der Waals surface area contributed by atoms with E-state index < -0.39 is 78.7 Å². The summed E-state index contributed by atoms with van der Waals surface area (Å²) in [5.74, 6) is -4.52. The third kappa shape index (κ3) is 10.3. The molecule has 0 radical (unpaired) electrons. The lowest BCUT2D eigenvalue weighted by atomic mass is 10.0. The molecule has 2 rings (SSSR count). The van der Waals surface area contributed by atoms with Crippen LogP contribution in [-0.2, 0) is 35.2 Å². The van der Waals surface area contributed by atoms with E-state index >= 15 is 0 Å². The van der Waals surface area contributed by atoms with E-state index in [2.05, 4.69) is 16.0 Å². The summed E-state index contributed by atoms with van der Waals surface area (Å²) in [4.78, 5) is 76.6. The molecule has 9 N–H and O–H groups in total. The number of hydrogen-bond acceptors (Lipinski definition) is 9. The maximum Gasteiger partial charge on any atom is 0.326 e. The Morgan fingerprint density at radius 2 is 1.68 bits per heavy atom. The van der Waals surface area contributed by atoms with E-state index in [0.29, 0.717) is 24.2 Å². The minimum absolute atomic E-state index is 0.00738. The van der Waals surface area contributed by atoms with Gasteiger partial charge in [-0.3, -0.25) is 24.0 Å². The summed E-state index contributed by atoms with van der Waals surface area (Å²) in [6, 6.07) is 2.75. The second-order valence-electron chi connectivity index (χ2n) is 9.64. The van der Waals surface area contributed by atoms with E-state index in [1.807, 2.05) is 6.26 Å². The summed E-state index contributed by atoms with van der Waals surface area (Å²) < 4.78 is 0.